The van der Waals surface area contributed by atoms with Crippen LogP contribution >= 0.6 is 0 Å². The molecule has 4 aromatic rings. The van der Waals surface area contributed by atoms with Gasteiger partial charge in [0.25, 0.3) is 10.0 Å². The summed E-state index contributed by atoms with van der Waals surface area (Å²) in [6, 6.07) is 29.1. The number of rotatable bonds is 12. The molecule has 1 saturated carbocycles. The zero-order valence-electron chi connectivity index (χ0n) is 26.0. The van der Waals surface area contributed by atoms with Crippen molar-refractivity contribution in [2.45, 2.75) is 69.0 Å². The molecule has 240 valence electrons. The third-order valence-corrected chi connectivity index (χ3v) is 10.3. The molecule has 0 bridgehead atoms. The van der Waals surface area contributed by atoms with E-state index in [0.717, 1.165) is 65.2 Å². The summed E-state index contributed by atoms with van der Waals surface area (Å²) in [4.78, 5) is 30.3. The van der Waals surface area contributed by atoms with Gasteiger partial charge in [0, 0.05) is 19.0 Å². The number of hydrogen-bond acceptors (Lipinski definition) is 4. The molecule has 1 aliphatic rings. The molecule has 0 saturated heterocycles. The molecule has 7 nitrogen and oxygen atoms in total. The number of nitrogens with one attached hydrogen (secondary N) is 1. The molecule has 1 atom stereocenters. The number of hydrogen-bond donors (Lipinski definition) is 1. The summed E-state index contributed by atoms with van der Waals surface area (Å²) >= 11 is 0. The molecule has 0 radical (unpaired) electrons. The lowest BCUT2D eigenvalue weighted by molar-refractivity contribution is -0.140. The Morgan fingerprint density at radius 1 is 0.826 bits per heavy atom. The largest absolute Gasteiger partial charge is 0.352 e. The van der Waals surface area contributed by atoms with Crippen molar-refractivity contribution < 1.29 is 22.4 Å². The van der Waals surface area contributed by atoms with Gasteiger partial charge in [0.15, 0.2) is 0 Å². The maximum absolute atomic E-state index is 14.6. The molecule has 0 aromatic heterocycles. The zero-order valence-corrected chi connectivity index (χ0v) is 26.8. The number of amides is 2. The van der Waals surface area contributed by atoms with Gasteiger partial charge in [-0.15, -0.1) is 0 Å². The molecule has 0 aliphatic heterocycles. The molecule has 2 amide bonds. The van der Waals surface area contributed by atoms with Crippen LogP contribution in [-0.2, 0) is 32.6 Å². The van der Waals surface area contributed by atoms with E-state index in [1.165, 1.54) is 29.2 Å². The highest BCUT2D eigenvalue weighted by molar-refractivity contribution is 7.92. The van der Waals surface area contributed by atoms with Crippen LogP contribution in [0.4, 0.5) is 10.1 Å². The lowest BCUT2D eigenvalue weighted by Gasteiger charge is -2.35. The minimum atomic E-state index is -4.24. The lowest BCUT2D eigenvalue weighted by atomic mass is 9.94. The normalized spacial score (nSPS) is 14.3. The van der Waals surface area contributed by atoms with Gasteiger partial charge in [0.05, 0.1) is 10.6 Å². The van der Waals surface area contributed by atoms with Crippen molar-refractivity contribution in [2.24, 2.45) is 0 Å². The first kappa shape index (κ1) is 32.9. The van der Waals surface area contributed by atoms with Crippen molar-refractivity contribution in [3.63, 3.8) is 0 Å². The number of aryl methyl sites for hydroxylation is 1. The fourth-order valence-corrected chi connectivity index (χ4v) is 7.36. The smallest absolute Gasteiger partial charge is 0.264 e. The molecule has 4 aromatic carbocycles. The van der Waals surface area contributed by atoms with Gasteiger partial charge in [-0.25, -0.2) is 12.8 Å². The van der Waals surface area contributed by atoms with Crippen molar-refractivity contribution in [3.05, 3.63) is 132 Å². The van der Waals surface area contributed by atoms with E-state index >= 15 is 0 Å². The lowest BCUT2D eigenvalue weighted by Crippen LogP contribution is -2.55. The summed E-state index contributed by atoms with van der Waals surface area (Å²) in [6.07, 6.45) is 5.20. The standard InChI is InChI=1S/C37H40FN3O4S/c1-28-13-11-12-16-30(28)26-40(35(25-29-14-5-2-6-15-29)37(43)39-32-17-7-3-8-18-32)36(42)27-41(33-23-21-31(38)22-24-33)46(44,45)34-19-9-4-10-20-34/h2,4-6,9-16,19-24,32,35H,3,7-8,17-18,25-27H2,1H3,(H,39,43)/t35-/m0/s1. The first-order valence-electron chi connectivity index (χ1n) is 15.7. The van der Waals surface area contributed by atoms with E-state index < -0.39 is 34.3 Å². The summed E-state index contributed by atoms with van der Waals surface area (Å²) < 4.78 is 43.0. The SMILES string of the molecule is Cc1ccccc1CN(C(=O)CN(c1ccc(F)cc1)S(=O)(=O)c1ccccc1)[C@@H](Cc1ccccc1)C(=O)NC1CCCCC1. The summed E-state index contributed by atoms with van der Waals surface area (Å²) in [5, 5.41) is 3.22. The number of benzene rings is 4. The molecule has 0 heterocycles. The topological polar surface area (TPSA) is 86.8 Å². The Morgan fingerprint density at radius 2 is 1.43 bits per heavy atom. The van der Waals surface area contributed by atoms with E-state index in [0.29, 0.717) is 0 Å². The number of nitrogens with zero attached hydrogens (tertiary/aromatic N) is 2. The predicted octanol–water partition coefficient (Wildman–Crippen LogP) is 6.42. The van der Waals surface area contributed by atoms with Gasteiger partial charge >= 0.3 is 0 Å². The van der Waals surface area contributed by atoms with E-state index in [1.54, 1.807) is 18.2 Å². The van der Waals surface area contributed by atoms with Crippen molar-refractivity contribution in [1.82, 2.24) is 10.2 Å². The fourth-order valence-electron chi connectivity index (χ4n) is 5.93. The second kappa shape index (κ2) is 15.2. The van der Waals surface area contributed by atoms with Crippen LogP contribution in [0, 0.1) is 12.7 Å². The molecule has 5 rings (SSSR count). The Bertz CT molecular complexity index is 1710. The Labute approximate surface area is 271 Å². The first-order valence-corrected chi connectivity index (χ1v) is 17.2. The van der Waals surface area contributed by atoms with Crippen LogP contribution in [0.5, 0.6) is 0 Å². The van der Waals surface area contributed by atoms with Crippen molar-refractivity contribution >= 4 is 27.5 Å². The van der Waals surface area contributed by atoms with E-state index in [9.17, 15) is 22.4 Å². The molecule has 9 heteroatoms. The van der Waals surface area contributed by atoms with E-state index in [1.807, 2.05) is 61.5 Å². The number of anilines is 1. The molecular weight excluding hydrogens is 601 g/mol. The minimum Gasteiger partial charge on any atom is -0.352 e. The maximum Gasteiger partial charge on any atom is 0.264 e. The molecule has 1 aliphatic carbocycles. The Balaban J connectivity index is 1.56. The van der Waals surface area contributed by atoms with Gasteiger partial charge in [0.1, 0.15) is 18.4 Å². The van der Waals surface area contributed by atoms with Gasteiger partial charge in [-0.2, -0.15) is 0 Å². The van der Waals surface area contributed by atoms with E-state index in [2.05, 4.69) is 5.32 Å². The maximum atomic E-state index is 14.6. The van der Waals surface area contributed by atoms with Crippen LogP contribution in [0.2, 0.25) is 0 Å². The Kier molecular flexibility index (Phi) is 10.9. The van der Waals surface area contributed by atoms with Crippen LogP contribution in [0.1, 0.15) is 48.8 Å². The second-order valence-electron chi connectivity index (χ2n) is 11.8. The zero-order chi connectivity index (χ0) is 32.5. The molecule has 1 N–H and O–H groups in total. The molecule has 46 heavy (non-hydrogen) atoms. The fraction of sp³-hybridized carbons (Fsp3) is 0.297. The number of carbonyl (C=O) groups excluding carboxylic acids is 2. The van der Waals surface area contributed by atoms with Crippen molar-refractivity contribution in [1.29, 1.82) is 0 Å². The highest BCUT2D eigenvalue weighted by Crippen LogP contribution is 2.26. The molecule has 1 fully saturated rings. The van der Waals surface area contributed by atoms with Crippen LogP contribution in [-0.4, -0.2) is 43.8 Å². The van der Waals surface area contributed by atoms with Gasteiger partial charge in [-0.05, 0) is 72.9 Å². The molecular formula is C37H40FN3O4S. The predicted molar refractivity (Wildman–Crippen MR) is 178 cm³/mol. The quantitative estimate of drug-likeness (QED) is 0.194. The number of carbonyl (C=O) groups is 2. The van der Waals surface area contributed by atoms with Crippen LogP contribution < -0.4 is 9.62 Å². The average molecular weight is 642 g/mol. The average Bonchev–Trinajstić information content (AvgIpc) is 3.07. The van der Waals surface area contributed by atoms with Crippen LogP contribution in [0.3, 0.4) is 0 Å². The van der Waals surface area contributed by atoms with Crippen LogP contribution in [0.25, 0.3) is 0 Å². The molecule has 0 spiro atoms. The van der Waals surface area contributed by atoms with Crippen molar-refractivity contribution in [2.75, 3.05) is 10.8 Å². The van der Waals surface area contributed by atoms with Gasteiger partial charge in [-0.3, -0.25) is 13.9 Å². The Morgan fingerprint density at radius 3 is 2.09 bits per heavy atom. The van der Waals surface area contributed by atoms with Gasteiger partial charge < -0.3 is 10.2 Å². The second-order valence-corrected chi connectivity index (χ2v) is 13.7. The van der Waals surface area contributed by atoms with E-state index in [4.69, 9.17) is 0 Å². The summed E-state index contributed by atoms with van der Waals surface area (Å²) in [5.74, 6) is -1.35. The third kappa shape index (κ3) is 8.20. The third-order valence-electron chi connectivity index (χ3n) is 8.55. The Hall–Kier alpha value is -4.50. The summed E-state index contributed by atoms with van der Waals surface area (Å²) in [6.45, 7) is 1.46. The summed E-state index contributed by atoms with van der Waals surface area (Å²) in [5.41, 5.74) is 2.80. The van der Waals surface area contributed by atoms with E-state index in [-0.39, 0.29) is 35.5 Å². The summed E-state index contributed by atoms with van der Waals surface area (Å²) in [7, 11) is -4.24. The molecule has 0 unspecified atom stereocenters. The highest BCUT2D eigenvalue weighted by atomic mass is 32.2. The number of sulfonamides is 1. The van der Waals surface area contributed by atoms with Crippen LogP contribution in [0.15, 0.2) is 114 Å². The van der Waals surface area contributed by atoms with Gasteiger partial charge in [0.2, 0.25) is 11.8 Å². The highest BCUT2D eigenvalue weighted by Gasteiger charge is 2.35. The monoisotopic (exact) mass is 641 g/mol. The number of halogens is 1. The minimum absolute atomic E-state index is 0.00606. The van der Waals surface area contributed by atoms with Crippen molar-refractivity contribution in [3.8, 4) is 0 Å². The first-order chi connectivity index (χ1) is 22.2. The van der Waals surface area contributed by atoms with Gasteiger partial charge in [-0.1, -0.05) is 92.1 Å².